The highest BCUT2D eigenvalue weighted by molar-refractivity contribution is 5.78. The van der Waals surface area contributed by atoms with Crippen LogP contribution in [-0.2, 0) is 9.53 Å². The Labute approximate surface area is 110 Å². The number of nitrogens with zero attached hydrogens (tertiary/aromatic N) is 2. The second-order valence-corrected chi connectivity index (χ2v) is 6.04. The van der Waals surface area contributed by atoms with Crippen molar-refractivity contribution in [3.63, 3.8) is 0 Å². The van der Waals surface area contributed by atoms with Crippen molar-refractivity contribution in [2.45, 2.75) is 45.8 Å². The summed E-state index contributed by atoms with van der Waals surface area (Å²) in [5.41, 5.74) is 0. The lowest BCUT2D eigenvalue weighted by atomic mass is 10.0. The molecule has 3 atom stereocenters. The molecule has 4 nitrogen and oxygen atoms in total. The van der Waals surface area contributed by atoms with Gasteiger partial charge in [-0.3, -0.25) is 9.69 Å². The second kappa shape index (κ2) is 6.02. The Morgan fingerprint density at radius 2 is 1.83 bits per heavy atom. The highest BCUT2D eigenvalue weighted by Crippen LogP contribution is 2.16. The van der Waals surface area contributed by atoms with Crippen molar-refractivity contribution >= 4 is 5.91 Å². The molecule has 1 amide bonds. The minimum Gasteiger partial charge on any atom is -0.373 e. The molecule has 4 heteroatoms. The SMILES string of the molecule is CC1CCCN(C(=O)CN2CC(C)OC(C)C2)C1. The summed E-state index contributed by atoms with van der Waals surface area (Å²) in [7, 11) is 0. The fourth-order valence-corrected chi connectivity index (χ4v) is 3.12. The molecular weight excluding hydrogens is 228 g/mol. The maximum Gasteiger partial charge on any atom is 0.236 e. The molecule has 18 heavy (non-hydrogen) atoms. The summed E-state index contributed by atoms with van der Waals surface area (Å²) >= 11 is 0. The quantitative estimate of drug-likeness (QED) is 0.746. The highest BCUT2D eigenvalue weighted by atomic mass is 16.5. The fraction of sp³-hybridized carbons (Fsp3) is 0.929. The van der Waals surface area contributed by atoms with Gasteiger partial charge in [0.1, 0.15) is 0 Å². The van der Waals surface area contributed by atoms with Gasteiger partial charge in [-0.15, -0.1) is 0 Å². The predicted octanol–water partition coefficient (Wildman–Crippen LogP) is 1.35. The van der Waals surface area contributed by atoms with Crippen LogP contribution in [0.1, 0.15) is 33.6 Å². The number of likely N-dealkylation sites (tertiary alicyclic amines) is 1. The minimum atomic E-state index is 0.238. The Morgan fingerprint density at radius 3 is 2.44 bits per heavy atom. The van der Waals surface area contributed by atoms with Crippen LogP contribution < -0.4 is 0 Å². The topological polar surface area (TPSA) is 32.8 Å². The summed E-state index contributed by atoms with van der Waals surface area (Å²) in [6.45, 7) is 10.6. The Hall–Kier alpha value is -0.610. The van der Waals surface area contributed by atoms with Crippen molar-refractivity contribution in [3.8, 4) is 0 Å². The fourth-order valence-electron chi connectivity index (χ4n) is 3.12. The summed E-state index contributed by atoms with van der Waals surface area (Å²) in [5, 5.41) is 0. The minimum absolute atomic E-state index is 0.238. The van der Waals surface area contributed by atoms with E-state index in [1.54, 1.807) is 0 Å². The lowest BCUT2D eigenvalue weighted by Crippen LogP contribution is -2.51. The number of piperidine rings is 1. The summed E-state index contributed by atoms with van der Waals surface area (Å²) in [4.78, 5) is 16.5. The van der Waals surface area contributed by atoms with Gasteiger partial charge >= 0.3 is 0 Å². The average molecular weight is 254 g/mol. The zero-order chi connectivity index (χ0) is 13.1. The van der Waals surface area contributed by atoms with Gasteiger partial charge in [0.25, 0.3) is 0 Å². The van der Waals surface area contributed by atoms with E-state index in [1.807, 2.05) is 4.90 Å². The maximum absolute atomic E-state index is 12.3. The van der Waals surface area contributed by atoms with Crippen molar-refractivity contribution in [2.24, 2.45) is 5.92 Å². The molecule has 0 aliphatic carbocycles. The van der Waals surface area contributed by atoms with Crippen molar-refractivity contribution in [1.82, 2.24) is 9.80 Å². The monoisotopic (exact) mass is 254 g/mol. The first-order valence-electron chi connectivity index (χ1n) is 7.20. The molecule has 2 fully saturated rings. The van der Waals surface area contributed by atoms with E-state index in [-0.39, 0.29) is 12.2 Å². The normalized spacial score (nSPS) is 34.6. The van der Waals surface area contributed by atoms with Crippen LogP contribution in [0.2, 0.25) is 0 Å². The first-order chi connectivity index (χ1) is 8.54. The van der Waals surface area contributed by atoms with Gasteiger partial charge in [-0.2, -0.15) is 0 Å². The first-order valence-corrected chi connectivity index (χ1v) is 7.20. The molecule has 2 rings (SSSR count). The van der Waals surface area contributed by atoms with Crippen LogP contribution in [0.4, 0.5) is 0 Å². The van der Waals surface area contributed by atoms with Crippen LogP contribution in [0.25, 0.3) is 0 Å². The molecule has 0 aromatic carbocycles. The molecule has 0 N–H and O–H groups in total. The van der Waals surface area contributed by atoms with E-state index in [0.717, 1.165) is 32.6 Å². The zero-order valence-corrected chi connectivity index (χ0v) is 11.9. The number of hydrogen-bond donors (Lipinski definition) is 0. The summed E-state index contributed by atoms with van der Waals surface area (Å²) in [6, 6.07) is 0. The molecule has 0 aromatic rings. The van der Waals surface area contributed by atoms with Crippen molar-refractivity contribution in [3.05, 3.63) is 0 Å². The molecule has 3 unspecified atom stereocenters. The van der Waals surface area contributed by atoms with Gasteiger partial charge in [-0.1, -0.05) is 6.92 Å². The van der Waals surface area contributed by atoms with Gasteiger partial charge in [-0.05, 0) is 32.6 Å². The van der Waals surface area contributed by atoms with Crippen LogP contribution in [0, 0.1) is 5.92 Å². The standard InChI is InChI=1S/C14H26N2O2/c1-11-5-4-6-16(7-11)14(17)10-15-8-12(2)18-13(3)9-15/h11-13H,4-10H2,1-3H3. The molecule has 2 aliphatic heterocycles. The Balaban J connectivity index is 1.83. The molecule has 104 valence electrons. The Bertz CT molecular complexity index is 286. The Kier molecular flexibility index (Phi) is 4.62. The van der Waals surface area contributed by atoms with Gasteiger partial charge < -0.3 is 9.64 Å². The number of amides is 1. The van der Waals surface area contributed by atoms with E-state index >= 15 is 0 Å². The maximum atomic E-state index is 12.3. The first kappa shape index (κ1) is 13.8. The molecule has 0 aromatic heterocycles. The number of carbonyl (C=O) groups is 1. The summed E-state index contributed by atoms with van der Waals surface area (Å²) < 4.78 is 5.69. The highest BCUT2D eigenvalue weighted by Gasteiger charge is 2.27. The van der Waals surface area contributed by atoms with Crippen molar-refractivity contribution < 1.29 is 9.53 Å². The molecular formula is C14H26N2O2. The molecule has 0 spiro atoms. The number of rotatable bonds is 2. The van der Waals surface area contributed by atoms with E-state index in [0.29, 0.717) is 18.4 Å². The van der Waals surface area contributed by atoms with Gasteiger partial charge in [0.05, 0.1) is 18.8 Å². The third kappa shape index (κ3) is 3.69. The molecule has 0 radical (unpaired) electrons. The number of carbonyl (C=O) groups excluding carboxylic acids is 1. The predicted molar refractivity (Wildman–Crippen MR) is 71.4 cm³/mol. The Morgan fingerprint density at radius 1 is 1.17 bits per heavy atom. The van der Waals surface area contributed by atoms with Crippen LogP contribution in [0.5, 0.6) is 0 Å². The van der Waals surface area contributed by atoms with Gasteiger partial charge in [0, 0.05) is 26.2 Å². The van der Waals surface area contributed by atoms with Gasteiger partial charge in [0.15, 0.2) is 0 Å². The molecule has 2 aliphatic rings. The largest absolute Gasteiger partial charge is 0.373 e. The van der Waals surface area contributed by atoms with Crippen LogP contribution in [0.15, 0.2) is 0 Å². The van der Waals surface area contributed by atoms with Crippen molar-refractivity contribution in [2.75, 3.05) is 32.7 Å². The van der Waals surface area contributed by atoms with Crippen LogP contribution in [0.3, 0.4) is 0 Å². The van der Waals surface area contributed by atoms with E-state index < -0.39 is 0 Å². The van der Waals surface area contributed by atoms with E-state index in [4.69, 9.17) is 4.74 Å². The molecule has 2 heterocycles. The van der Waals surface area contributed by atoms with Crippen molar-refractivity contribution in [1.29, 1.82) is 0 Å². The molecule has 0 bridgehead atoms. The smallest absolute Gasteiger partial charge is 0.236 e. The van der Waals surface area contributed by atoms with E-state index in [2.05, 4.69) is 25.7 Å². The summed E-state index contributed by atoms with van der Waals surface area (Å²) in [6.07, 6.45) is 2.89. The third-order valence-corrected chi connectivity index (χ3v) is 3.86. The number of ether oxygens (including phenoxy) is 1. The zero-order valence-electron chi connectivity index (χ0n) is 11.9. The lowest BCUT2D eigenvalue weighted by molar-refractivity contribution is -0.137. The molecule has 0 saturated carbocycles. The average Bonchev–Trinajstić information content (AvgIpc) is 2.27. The second-order valence-electron chi connectivity index (χ2n) is 6.04. The third-order valence-electron chi connectivity index (χ3n) is 3.86. The van der Waals surface area contributed by atoms with E-state index in [9.17, 15) is 4.79 Å². The van der Waals surface area contributed by atoms with Crippen LogP contribution >= 0.6 is 0 Å². The van der Waals surface area contributed by atoms with E-state index in [1.165, 1.54) is 6.42 Å². The number of hydrogen-bond acceptors (Lipinski definition) is 3. The number of morpholine rings is 1. The van der Waals surface area contributed by atoms with Crippen LogP contribution in [-0.4, -0.2) is 60.6 Å². The summed E-state index contributed by atoms with van der Waals surface area (Å²) in [5.74, 6) is 0.952. The van der Waals surface area contributed by atoms with Gasteiger partial charge in [-0.25, -0.2) is 0 Å². The van der Waals surface area contributed by atoms with Gasteiger partial charge in [0.2, 0.25) is 5.91 Å². The lowest BCUT2D eigenvalue weighted by Gasteiger charge is -2.37. The molecule has 2 saturated heterocycles.